The first-order chi connectivity index (χ1) is 8.93. The van der Waals surface area contributed by atoms with Crippen LogP contribution in [-0.4, -0.2) is 30.4 Å². The average molecular weight is 338 g/mol. The van der Waals surface area contributed by atoms with Gasteiger partial charge < -0.3 is 10.6 Å². The molecular weight excluding hydrogens is 319 g/mol. The van der Waals surface area contributed by atoms with Crippen molar-refractivity contribution in [3.63, 3.8) is 0 Å². The molecule has 1 unspecified atom stereocenters. The molecule has 1 amide bonds. The predicted molar refractivity (Wildman–Crippen MR) is 85.8 cm³/mol. The van der Waals surface area contributed by atoms with Crippen LogP contribution in [0.3, 0.4) is 0 Å². The van der Waals surface area contributed by atoms with Crippen LogP contribution in [0.2, 0.25) is 10.0 Å². The Hall–Kier alpha value is -0.480. The number of carbonyl (C=O) groups excluding carboxylic acids is 1. The minimum absolute atomic E-state index is 0. The molecule has 0 aromatic heterocycles. The summed E-state index contributed by atoms with van der Waals surface area (Å²) < 4.78 is 0. The van der Waals surface area contributed by atoms with E-state index in [-0.39, 0.29) is 23.7 Å². The van der Waals surface area contributed by atoms with E-state index in [9.17, 15) is 4.79 Å². The zero-order valence-corrected chi connectivity index (χ0v) is 13.7. The van der Waals surface area contributed by atoms with Gasteiger partial charge in [0.2, 0.25) is 5.91 Å². The second-order valence-electron chi connectivity index (χ2n) is 5.49. The van der Waals surface area contributed by atoms with Crippen molar-refractivity contribution in [3.05, 3.63) is 33.8 Å². The number of hydrogen-bond donors (Lipinski definition) is 1. The van der Waals surface area contributed by atoms with Crippen LogP contribution >= 0.6 is 35.6 Å². The van der Waals surface area contributed by atoms with Crippen molar-refractivity contribution in [1.29, 1.82) is 0 Å². The zero-order chi connectivity index (χ0) is 14.0. The van der Waals surface area contributed by atoms with E-state index in [2.05, 4.69) is 6.92 Å². The van der Waals surface area contributed by atoms with E-state index in [0.29, 0.717) is 23.0 Å². The zero-order valence-electron chi connectivity index (χ0n) is 11.4. The van der Waals surface area contributed by atoms with E-state index in [1.807, 2.05) is 4.90 Å². The SMILES string of the molecule is CC1(CN)CCN(C(=O)Cc2cc(Cl)ccc2Cl)C1.Cl. The highest BCUT2D eigenvalue weighted by Crippen LogP contribution is 2.29. The second-order valence-corrected chi connectivity index (χ2v) is 6.34. The summed E-state index contributed by atoms with van der Waals surface area (Å²) in [5.41, 5.74) is 6.58. The Labute approximate surface area is 135 Å². The van der Waals surface area contributed by atoms with Crippen molar-refractivity contribution in [2.45, 2.75) is 19.8 Å². The molecular formula is C14H19Cl3N2O. The highest BCUT2D eigenvalue weighted by Gasteiger charge is 2.34. The Balaban J connectivity index is 0.00000200. The summed E-state index contributed by atoms with van der Waals surface area (Å²) in [6.45, 7) is 4.21. The summed E-state index contributed by atoms with van der Waals surface area (Å²) in [4.78, 5) is 14.1. The summed E-state index contributed by atoms with van der Waals surface area (Å²) in [5.74, 6) is 0.0846. The standard InChI is InChI=1S/C14H18Cl2N2O.ClH/c1-14(8-17)4-5-18(9-14)13(19)7-10-6-11(15)2-3-12(10)16;/h2-3,6H,4-5,7-9,17H2,1H3;1H. The van der Waals surface area contributed by atoms with Crippen LogP contribution < -0.4 is 5.73 Å². The summed E-state index contributed by atoms with van der Waals surface area (Å²) in [7, 11) is 0. The molecule has 0 aliphatic carbocycles. The van der Waals surface area contributed by atoms with Crippen LogP contribution in [-0.2, 0) is 11.2 Å². The molecule has 0 bridgehead atoms. The van der Waals surface area contributed by atoms with Crippen LogP contribution in [0.1, 0.15) is 18.9 Å². The van der Waals surface area contributed by atoms with Gasteiger partial charge in [0, 0.05) is 23.1 Å². The first-order valence-corrected chi connectivity index (χ1v) is 7.11. The minimum atomic E-state index is 0. The van der Waals surface area contributed by atoms with Gasteiger partial charge in [0.1, 0.15) is 0 Å². The number of amides is 1. The van der Waals surface area contributed by atoms with Crippen LogP contribution in [0, 0.1) is 5.41 Å². The molecule has 1 fully saturated rings. The Kier molecular flexibility index (Phi) is 6.14. The van der Waals surface area contributed by atoms with E-state index in [0.717, 1.165) is 25.1 Å². The van der Waals surface area contributed by atoms with Crippen molar-refractivity contribution in [2.24, 2.45) is 11.1 Å². The first kappa shape index (κ1) is 17.6. The Morgan fingerprint density at radius 1 is 1.45 bits per heavy atom. The Morgan fingerprint density at radius 2 is 2.15 bits per heavy atom. The molecule has 1 aliphatic rings. The van der Waals surface area contributed by atoms with Gasteiger partial charge in [-0.15, -0.1) is 12.4 Å². The minimum Gasteiger partial charge on any atom is -0.342 e. The van der Waals surface area contributed by atoms with Crippen molar-refractivity contribution < 1.29 is 4.79 Å². The lowest BCUT2D eigenvalue weighted by Crippen LogP contribution is -2.35. The number of likely N-dealkylation sites (tertiary alicyclic amines) is 1. The van der Waals surface area contributed by atoms with Gasteiger partial charge in [0.05, 0.1) is 6.42 Å². The monoisotopic (exact) mass is 336 g/mol. The molecule has 112 valence electrons. The molecule has 1 aliphatic heterocycles. The third kappa shape index (κ3) is 4.01. The van der Waals surface area contributed by atoms with E-state index in [1.165, 1.54) is 0 Å². The smallest absolute Gasteiger partial charge is 0.227 e. The molecule has 0 saturated carbocycles. The number of nitrogens with zero attached hydrogens (tertiary/aromatic N) is 1. The van der Waals surface area contributed by atoms with Crippen LogP contribution in [0.25, 0.3) is 0 Å². The first-order valence-electron chi connectivity index (χ1n) is 6.35. The molecule has 2 rings (SSSR count). The topological polar surface area (TPSA) is 46.3 Å². The molecule has 20 heavy (non-hydrogen) atoms. The Bertz CT molecular complexity index is 495. The lowest BCUT2D eigenvalue weighted by atomic mass is 9.90. The molecule has 1 atom stereocenters. The van der Waals surface area contributed by atoms with Gasteiger partial charge in [0.15, 0.2) is 0 Å². The van der Waals surface area contributed by atoms with E-state index >= 15 is 0 Å². The molecule has 1 aromatic rings. The normalized spacial score (nSPS) is 21.7. The van der Waals surface area contributed by atoms with Crippen molar-refractivity contribution in [3.8, 4) is 0 Å². The maximum Gasteiger partial charge on any atom is 0.227 e. The molecule has 0 radical (unpaired) electrons. The fourth-order valence-corrected chi connectivity index (χ4v) is 2.74. The van der Waals surface area contributed by atoms with E-state index < -0.39 is 0 Å². The third-order valence-corrected chi connectivity index (χ3v) is 4.36. The van der Waals surface area contributed by atoms with Crippen LogP contribution in [0.15, 0.2) is 18.2 Å². The Morgan fingerprint density at radius 3 is 2.75 bits per heavy atom. The molecule has 1 aromatic carbocycles. The van der Waals surface area contributed by atoms with Gasteiger partial charge >= 0.3 is 0 Å². The highest BCUT2D eigenvalue weighted by molar-refractivity contribution is 6.33. The number of hydrogen-bond acceptors (Lipinski definition) is 2. The average Bonchev–Trinajstić information content (AvgIpc) is 2.77. The summed E-state index contributed by atoms with van der Waals surface area (Å²) in [6.07, 6.45) is 1.25. The number of benzene rings is 1. The van der Waals surface area contributed by atoms with Gasteiger partial charge in [-0.05, 0) is 42.1 Å². The molecule has 3 nitrogen and oxygen atoms in total. The maximum absolute atomic E-state index is 12.3. The van der Waals surface area contributed by atoms with Gasteiger partial charge in [0.25, 0.3) is 0 Å². The van der Waals surface area contributed by atoms with Crippen molar-refractivity contribution in [1.82, 2.24) is 4.90 Å². The van der Waals surface area contributed by atoms with Gasteiger partial charge in [-0.3, -0.25) is 4.79 Å². The second kappa shape index (κ2) is 6.99. The van der Waals surface area contributed by atoms with E-state index in [4.69, 9.17) is 28.9 Å². The summed E-state index contributed by atoms with van der Waals surface area (Å²) in [5, 5.41) is 1.18. The predicted octanol–water partition coefficient (Wildman–Crippen LogP) is 3.16. The maximum atomic E-state index is 12.3. The number of rotatable bonds is 3. The number of carbonyl (C=O) groups is 1. The number of nitrogens with two attached hydrogens (primary N) is 1. The molecule has 6 heteroatoms. The number of halogens is 3. The lowest BCUT2D eigenvalue weighted by Gasteiger charge is -2.22. The van der Waals surface area contributed by atoms with Gasteiger partial charge in [-0.1, -0.05) is 30.1 Å². The van der Waals surface area contributed by atoms with Crippen molar-refractivity contribution in [2.75, 3.05) is 19.6 Å². The highest BCUT2D eigenvalue weighted by atomic mass is 35.5. The fraction of sp³-hybridized carbons (Fsp3) is 0.500. The van der Waals surface area contributed by atoms with Gasteiger partial charge in [-0.2, -0.15) is 0 Å². The third-order valence-electron chi connectivity index (χ3n) is 3.75. The lowest BCUT2D eigenvalue weighted by molar-refractivity contribution is -0.129. The van der Waals surface area contributed by atoms with Crippen LogP contribution in [0.5, 0.6) is 0 Å². The van der Waals surface area contributed by atoms with E-state index in [1.54, 1.807) is 18.2 Å². The molecule has 2 N–H and O–H groups in total. The summed E-state index contributed by atoms with van der Waals surface area (Å²) >= 11 is 12.0. The molecule has 1 heterocycles. The summed E-state index contributed by atoms with van der Waals surface area (Å²) in [6, 6.07) is 5.19. The molecule has 0 spiro atoms. The molecule has 1 saturated heterocycles. The van der Waals surface area contributed by atoms with Crippen molar-refractivity contribution >= 4 is 41.5 Å². The van der Waals surface area contributed by atoms with Gasteiger partial charge in [-0.25, -0.2) is 0 Å². The quantitative estimate of drug-likeness (QED) is 0.921. The largest absolute Gasteiger partial charge is 0.342 e. The fourth-order valence-electron chi connectivity index (χ4n) is 2.36. The van der Waals surface area contributed by atoms with Crippen LogP contribution in [0.4, 0.5) is 0 Å².